The van der Waals surface area contributed by atoms with Gasteiger partial charge in [0.05, 0.1) is 6.54 Å². The summed E-state index contributed by atoms with van der Waals surface area (Å²) >= 11 is 0. The maximum Gasteiger partial charge on any atom is 0.231 e. The molecular formula is C12H15N3O. The summed E-state index contributed by atoms with van der Waals surface area (Å²) in [6, 6.07) is 8.11. The summed E-state index contributed by atoms with van der Waals surface area (Å²) in [6.07, 6.45) is 1.97. The van der Waals surface area contributed by atoms with Crippen molar-refractivity contribution in [2.75, 3.05) is 13.6 Å². The lowest BCUT2D eigenvalue weighted by Crippen LogP contribution is -2.30. The largest absolute Gasteiger partial charge is 0.369 e. The number of aromatic nitrogens is 1. The fourth-order valence-electron chi connectivity index (χ4n) is 1.88. The average Bonchev–Trinajstić information content (AvgIpc) is 2.61. The van der Waals surface area contributed by atoms with Crippen LogP contribution in [0.5, 0.6) is 0 Å². The van der Waals surface area contributed by atoms with E-state index in [2.05, 4.69) is 11.1 Å². The lowest BCUT2D eigenvalue weighted by Gasteiger charge is -2.13. The first kappa shape index (κ1) is 10.7. The molecule has 4 heteroatoms. The molecule has 0 aliphatic heterocycles. The van der Waals surface area contributed by atoms with Crippen molar-refractivity contribution in [1.82, 2.24) is 9.88 Å². The highest BCUT2D eigenvalue weighted by Crippen LogP contribution is 2.18. The van der Waals surface area contributed by atoms with Gasteiger partial charge in [-0.2, -0.15) is 0 Å². The molecule has 0 saturated heterocycles. The van der Waals surface area contributed by atoms with Crippen molar-refractivity contribution in [2.24, 2.45) is 5.73 Å². The smallest absolute Gasteiger partial charge is 0.231 e. The molecule has 1 aromatic heterocycles. The first-order valence-corrected chi connectivity index (χ1v) is 5.18. The number of nitrogens with one attached hydrogen (secondary N) is 1. The van der Waals surface area contributed by atoms with Gasteiger partial charge >= 0.3 is 0 Å². The second-order valence-corrected chi connectivity index (χ2v) is 4.00. The molecule has 84 valence electrons. The van der Waals surface area contributed by atoms with Crippen molar-refractivity contribution in [3.05, 3.63) is 36.0 Å². The first-order chi connectivity index (χ1) is 7.66. The van der Waals surface area contributed by atoms with Crippen LogP contribution < -0.4 is 5.73 Å². The van der Waals surface area contributed by atoms with E-state index in [1.165, 1.54) is 10.9 Å². The Morgan fingerprint density at radius 2 is 2.19 bits per heavy atom. The molecule has 0 fully saturated rings. The highest BCUT2D eigenvalue weighted by atomic mass is 16.1. The Hall–Kier alpha value is -1.81. The summed E-state index contributed by atoms with van der Waals surface area (Å²) in [6.45, 7) is 0.993. The minimum atomic E-state index is -0.303. The molecule has 4 nitrogen and oxygen atoms in total. The first-order valence-electron chi connectivity index (χ1n) is 5.18. The fraction of sp³-hybridized carbons (Fsp3) is 0.250. The Morgan fingerprint density at radius 3 is 2.94 bits per heavy atom. The second kappa shape index (κ2) is 4.37. The maximum absolute atomic E-state index is 10.8. The number of carbonyl (C=O) groups excluding carboxylic acids is 1. The number of H-pyrrole nitrogens is 1. The summed E-state index contributed by atoms with van der Waals surface area (Å²) in [5.74, 6) is -0.303. The van der Waals surface area contributed by atoms with E-state index in [0.717, 1.165) is 5.52 Å². The van der Waals surface area contributed by atoms with Crippen LogP contribution in [-0.2, 0) is 11.3 Å². The monoisotopic (exact) mass is 217 g/mol. The van der Waals surface area contributed by atoms with Gasteiger partial charge in [0.2, 0.25) is 5.91 Å². The molecule has 0 unspecified atom stereocenters. The third-order valence-electron chi connectivity index (χ3n) is 2.54. The molecule has 0 radical (unpaired) electrons. The normalized spacial score (nSPS) is 11.1. The molecular weight excluding hydrogens is 202 g/mol. The molecule has 0 bridgehead atoms. The summed E-state index contributed by atoms with van der Waals surface area (Å²) in [7, 11) is 1.88. The van der Waals surface area contributed by atoms with E-state index in [1.807, 2.05) is 36.3 Å². The van der Waals surface area contributed by atoms with Crippen LogP contribution in [0.25, 0.3) is 10.9 Å². The van der Waals surface area contributed by atoms with Gasteiger partial charge in [-0.15, -0.1) is 0 Å². The lowest BCUT2D eigenvalue weighted by molar-refractivity contribution is -0.118. The van der Waals surface area contributed by atoms with Crippen LogP contribution in [0, 0.1) is 0 Å². The van der Waals surface area contributed by atoms with Crippen molar-refractivity contribution >= 4 is 16.8 Å². The van der Waals surface area contributed by atoms with Crippen LogP contribution in [0.1, 0.15) is 5.56 Å². The van der Waals surface area contributed by atoms with Crippen molar-refractivity contribution in [3.63, 3.8) is 0 Å². The molecule has 16 heavy (non-hydrogen) atoms. The fourth-order valence-corrected chi connectivity index (χ4v) is 1.88. The molecule has 3 N–H and O–H groups in total. The highest BCUT2D eigenvalue weighted by molar-refractivity contribution is 5.83. The van der Waals surface area contributed by atoms with E-state index < -0.39 is 0 Å². The number of carbonyl (C=O) groups is 1. The van der Waals surface area contributed by atoms with Crippen molar-refractivity contribution in [1.29, 1.82) is 0 Å². The van der Waals surface area contributed by atoms with E-state index in [9.17, 15) is 4.79 Å². The van der Waals surface area contributed by atoms with Gasteiger partial charge in [-0.05, 0) is 18.7 Å². The highest BCUT2D eigenvalue weighted by Gasteiger charge is 2.07. The quantitative estimate of drug-likeness (QED) is 0.805. The molecule has 1 aromatic carbocycles. The van der Waals surface area contributed by atoms with Gasteiger partial charge in [0.15, 0.2) is 0 Å². The predicted octanol–water partition coefficient (Wildman–Crippen LogP) is 1.09. The van der Waals surface area contributed by atoms with Gasteiger partial charge in [-0.1, -0.05) is 18.2 Å². The van der Waals surface area contributed by atoms with Gasteiger partial charge in [0.1, 0.15) is 0 Å². The summed E-state index contributed by atoms with van der Waals surface area (Å²) in [5.41, 5.74) is 7.44. The zero-order chi connectivity index (χ0) is 11.5. The van der Waals surface area contributed by atoms with Crippen LogP contribution in [-0.4, -0.2) is 29.4 Å². The minimum absolute atomic E-state index is 0.277. The molecule has 0 aliphatic rings. The number of amides is 1. The Kier molecular flexibility index (Phi) is 2.92. The number of likely N-dealkylation sites (N-methyl/N-ethyl adjacent to an activating group) is 1. The maximum atomic E-state index is 10.8. The van der Waals surface area contributed by atoms with Crippen molar-refractivity contribution in [3.8, 4) is 0 Å². The van der Waals surface area contributed by atoms with Gasteiger partial charge in [0, 0.05) is 23.6 Å². The van der Waals surface area contributed by atoms with Gasteiger partial charge in [0.25, 0.3) is 0 Å². The molecule has 0 atom stereocenters. The Bertz CT molecular complexity index is 504. The van der Waals surface area contributed by atoms with E-state index in [1.54, 1.807) is 0 Å². The average molecular weight is 217 g/mol. The number of aromatic amines is 1. The SMILES string of the molecule is CN(CC(N)=O)Cc1c[nH]c2ccccc12. The van der Waals surface area contributed by atoms with Crippen LogP contribution in [0.3, 0.4) is 0 Å². The molecule has 0 spiro atoms. The van der Waals surface area contributed by atoms with E-state index >= 15 is 0 Å². The van der Waals surface area contributed by atoms with Crippen LogP contribution in [0.4, 0.5) is 0 Å². The van der Waals surface area contributed by atoms with E-state index in [4.69, 9.17) is 5.73 Å². The number of hydrogen-bond acceptors (Lipinski definition) is 2. The van der Waals surface area contributed by atoms with Crippen molar-refractivity contribution < 1.29 is 4.79 Å². The molecule has 1 heterocycles. The van der Waals surface area contributed by atoms with E-state index in [0.29, 0.717) is 6.54 Å². The van der Waals surface area contributed by atoms with Crippen LogP contribution in [0.2, 0.25) is 0 Å². The number of nitrogens with zero attached hydrogens (tertiary/aromatic N) is 1. The Labute approximate surface area is 94.0 Å². The number of para-hydroxylation sites is 1. The number of rotatable bonds is 4. The number of hydrogen-bond donors (Lipinski definition) is 2. The lowest BCUT2D eigenvalue weighted by atomic mass is 10.1. The predicted molar refractivity (Wildman–Crippen MR) is 63.8 cm³/mol. The van der Waals surface area contributed by atoms with Gasteiger partial charge in [-0.3, -0.25) is 9.69 Å². The zero-order valence-electron chi connectivity index (χ0n) is 9.23. The molecule has 2 rings (SSSR count). The van der Waals surface area contributed by atoms with Crippen LogP contribution in [0.15, 0.2) is 30.5 Å². The van der Waals surface area contributed by atoms with E-state index in [-0.39, 0.29) is 12.5 Å². The number of nitrogens with two attached hydrogens (primary N) is 1. The van der Waals surface area contributed by atoms with Crippen molar-refractivity contribution in [2.45, 2.75) is 6.54 Å². The zero-order valence-corrected chi connectivity index (χ0v) is 9.23. The molecule has 1 amide bonds. The third kappa shape index (κ3) is 2.23. The second-order valence-electron chi connectivity index (χ2n) is 4.00. The topological polar surface area (TPSA) is 62.1 Å². The number of primary amides is 1. The number of fused-ring (bicyclic) bond motifs is 1. The summed E-state index contributed by atoms with van der Waals surface area (Å²) < 4.78 is 0. The Morgan fingerprint density at radius 1 is 1.44 bits per heavy atom. The molecule has 0 aliphatic carbocycles. The van der Waals surface area contributed by atoms with Gasteiger partial charge in [-0.25, -0.2) is 0 Å². The van der Waals surface area contributed by atoms with Crippen LogP contribution >= 0.6 is 0 Å². The Balaban J connectivity index is 2.18. The minimum Gasteiger partial charge on any atom is -0.369 e. The summed E-state index contributed by atoms with van der Waals surface area (Å²) in [4.78, 5) is 15.9. The standard InChI is InChI=1S/C12H15N3O/c1-15(8-12(13)16)7-9-6-14-11-5-3-2-4-10(9)11/h2-6,14H,7-8H2,1H3,(H2,13,16). The summed E-state index contributed by atoms with van der Waals surface area (Å²) in [5, 5.41) is 1.19. The molecule has 0 saturated carbocycles. The number of benzene rings is 1. The van der Waals surface area contributed by atoms with Gasteiger partial charge < -0.3 is 10.7 Å². The third-order valence-corrected chi connectivity index (χ3v) is 2.54. The molecule has 2 aromatic rings.